The molecule has 6 nitrogen and oxygen atoms in total. The van der Waals surface area contributed by atoms with E-state index < -0.39 is 27.4 Å². The van der Waals surface area contributed by atoms with Gasteiger partial charge in [0.15, 0.2) is 5.16 Å². The minimum atomic E-state index is -4.77. The van der Waals surface area contributed by atoms with Crippen molar-refractivity contribution in [2.45, 2.75) is 53.9 Å². The van der Waals surface area contributed by atoms with Crippen LogP contribution in [0.5, 0.6) is 0 Å². The van der Waals surface area contributed by atoms with Crippen LogP contribution in [-0.4, -0.2) is 19.7 Å². The highest BCUT2D eigenvalue weighted by Gasteiger charge is 2.38. The molecule has 0 aliphatic heterocycles. The van der Waals surface area contributed by atoms with Crippen LogP contribution in [-0.2, 0) is 6.18 Å². The van der Waals surface area contributed by atoms with Crippen LogP contribution in [0.2, 0.25) is 5.02 Å². The Hall–Kier alpha value is -1.81. The minimum Gasteiger partial charge on any atom is -0.302 e. The Morgan fingerprint density at radius 1 is 1.23 bits per heavy atom. The van der Waals surface area contributed by atoms with E-state index in [0.29, 0.717) is 17.1 Å². The number of nitrogens with zero attached hydrogens (tertiary/aromatic N) is 4. The molecule has 0 spiro atoms. The van der Waals surface area contributed by atoms with Crippen molar-refractivity contribution in [1.29, 1.82) is 0 Å². The lowest BCUT2D eigenvalue weighted by atomic mass is 10.2. The Balaban J connectivity index is 1.75. The summed E-state index contributed by atoms with van der Waals surface area (Å²) in [5.41, 5.74) is -1.87. The van der Waals surface area contributed by atoms with Gasteiger partial charge in [0.05, 0.1) is 20.4 Å². The van der Waals surface area contributed by atoms with E-state index in [0.717, 1.165) is 49.3 Å². The second-order valence-electron chi connectivity index (χ2n) is 6.37. The molecule has 26 heavy (non-hydrogen) atoms. The second kappa shape index (κ2) is 6.12. The quantitative estimate of drug-likeness (QED) is 0.504. The van der Waals surface area contributed by atoms with E-state index in [1.165, 1.54) is 0 Å². The first-order valence-corrected chi connectivity index (χ1v) is 9.13. The fourth-order valence-corrected chi connectivity index (χ4v) is 4.11. The van der Waals surface area contributed by atoms with Crippen molar-refractivity contribution < 1.29 is 18.1 Å². The Bertz CT molecular complexity index is 894. The Morgan fingerprint density at radius 3 is 2.46 bits per heavy atom. The molecule has 1 heterocycles. The Morgan fingerprint density at radius 2 is 1.92 bits per heavy atom. The topological polar surface area (TPSA) is 73.8 Å². The maximum absolute atomic E-state index is 13.0. The van der Waals surface area contributed by atoms with Gasteiger partial charge in [0.25, 0.3) is 5.69 Å². The first kappa shape index (κ1) is 17.6. The lowest BCUT2D eigenvalue weighted by Crippen LogP contribution is -2.07. The van der Waals surface area contributed by atoms with Gasteiger partial charge >= 0.3 is 6.18 Å². The predicted octanol–water partition coefficient (Wildman–Crippen LogP) is 5.22. The number of nitro groups is 1. The highest BCUT2D eigenvalue weighted by molar-refractivity contribution is 7.99. The molecule has 0 saturated heterocycles. The molecule has 2 aromatic rings. The first-order valence-electron chi connectivity index (χ1n) is 7.93. The molecule has 1 aromatic carbocycles. The lowest BCUT2D eigenvalue weighted by molar-refractivity contribution is -0.388. The average Bonchev–Trinajstić information content (AvgIpc) is 3.45. The van der Waals surface area contributed by atoms with Gasteiger partial charge in [-0.1, -0.05) is 11.6 Å². The van der Waals surface area contributed by atoms with Gasteiger partial charge in [-0.3, -0.25) is 10.1 Å². The minimum absolute atomic E-state index is 0.0182. The number of halogens is 4. The number of hydrogen-bond acceptors (Lipinski definition) is 5. The van der Waals surface area contributed by atoms with Crippen LogP contribution in [0.4, 0.5) is 18.9 Å². The summed E-state index contributed by atoms with van der Waals surface area (Å²) in [7, 11) is 0. The zero-order chi connectivity index (χ0) is 18.6. The predicted molar refractivity (Wildman–Crippen MR) is 87.5 cm³/mol. The number of hydrogen-bond donors (Lipinski definition) is 0. The summed E-state index contributed by atoms with van der Waals surface area (Å²) >= 11 is 6.67. The van der Waals surface area contributed by atoms with Gasteiger partial charge in [0, 0.05) is 18.0 Å². The molecule has 0 radical (unpaired) electrons. The summed E-state index contributed by atoms with van der Waals surface area (Å²) in [4.78, 5) is 10.5. The van der Waals surface area contributed by atoms with Gasteiger partial charge in [0.1, 0.15) is 5.82 Å². The summed E-state index contributed by atoms with van der Waals surface area (Å²) in [6.07, 6.45) is -0.760. The molecule has 0 amide bonds. The zero-order valence-electron chi connectivity index (χ0n) is 13.2. The van der Waals surface area contributed by atoms with E-state index >= 15 is 0 Å². The van der Waals surface area contributed by atoms with Crippen LogP contribution >= 0.6 is 23.4 Å². The fraction of sp³-hybridized carbons (Fsp3) is 0.467. The summed E-state index contributed by atoms with van der Waals surface area (Å²) in [6.45, 7) is 0. The highest BCUT2D eigenvalue weighted by Crippen LogP contribution is 2.48. The summed E-state index contributed by atoms with van der Waals surface area (Å²) < 4.78 is 40.9. The molecule has 2 fully saturated rings. The molecule has 0 unspecified atom stereocenters. The normalized spacial score (nSPS) is 17.5. The van der Waals surface area contributed by atoms with Gasteiger partial charge in [0.2, 0.25) is 0 Å². The van der Waals surface area contributed by atoms with Crippen LogP contribution in [0.25, 0.3) is 0 Å². The van der Waals surface area contributed by atoms with Crippen LogP contribution in [0.3, 0.4) is 0 Å². The van der Waals surface area contributed by atoms with E-state index in [1.807, 2.05) is 4.57 Å². The lowest BCUT2D eigenvalue weighted by Gasteiger charge is -2.12. The molecule has 11 heteroatoms. The van der Waals surface area contributed by atoms with Crippen molar-refractivity contribution in [3.63, 3.8) is 0 Å². The van der Waals surface area contributed by atoms with Gasteiger partial charge in [-0.25, -0.2) is 0 Å². The SMILES string of the molecule is O=[N+]([O-])c1cc(C(F)(F)F)c(Cl)cc1Sc1nnc(C2CC2)n1C1CC1. The number of alkyl halides is 3. The van der Waals surface area contributed by atoms with Crippen LogP contribution < -0.4 is 0 Å². The van der Waals surface area contributed by atoms with E-state index in [1.54, 1.807) is 0 Å². The molecule has 0 atom stereocenters. The van der Waals surface area contributed by atoms with Gasteiger partial charge in [-0.05, 0) is 43.5 Å². The Kier molecular flexibility index (Phi) is 4.14. The summed E-state index contributed by atoms with van der Waals surface area (Å²) in [6, 6.07) is 1.72. The molecule has 1 aromatic heterocycles. The number of aromatic nitrogens is 3. The van der Waals surface area contributed by atoms with Crippen LogP contribution in [0.1, 0.15) is 49.0 Å². The summed E-state index contributed by atoms with van der Waals surface area (Å²) in [5.74, 6) is 1.21. The molecule has 4 rings (SSSR count). The van der Waals surface area contributed by atoms with Crippen molar-refractivity contribution in [2.75, 3.05) is 0 Å². The number of benzene rings is 1. The van der Waals surface area contributed by atoms with Crippen molar-refractivity contribution in [3.8, 4) is 0 Å². The average molecular weight is 405 g/mol. The van der Waals surface area contributed by atoms with Crippen molar-refractivity contribution in [3.05, 3.63) is 38.7 Å². The van der Waals surface area contributed by atoms with E-state index in [2.05, 4.69) is 10.2 Å². The van der Waals surface area contributed by atoms with E-state index in [4.69, 9.17) is 11.6 Å². The largest absolute Gasteiger partial charge is 0.418 e. The van der Waals surface area contributed by atoms with Crippen molar-refractivity contribution in [1.82, 2.24) is 14.8 Å². The third-order valence-corrected chi connectivity index (χ3v) is 5.62. The summed E-state index contributed by atoms with van der Waals surface area (Å²) in [5, 5.41) is 19.5. The number of rotatable bonds is 5. The zero-order valence-corrected chi connectivity index (χ0v) is 14.7. The first-order chi connectivity index (χ1) is 12.3. The van der Waals surface area contributed by atoms with Crippen molar-refractivity contribution in [2.24, 2.45) is 0 Å². The van der Waals surface area contributed by atoms with E-state index in [9.17, 15) is 23.3 Å². The highest BCUT2D eigenvalue weighted by atomic mass is 35.5. The Labute approximate surface area is 154 Å². The number of nitro benzene ring substituents is 1. The molecule has 2 aliphatic rings. The third kappa shape index (κ3) is 3.27. The van der Waals surface area contributed by atoms with Crippen molar-refractivity contribution >= 4 is 29.1 Å². The monoisotopic (exact) mass is 404 g/mol. The third-order valence-electron chi connectivity index (χ3n) is 4.30. The van der Waals surface area contributed by atoms with E-state index in [-0.39, 0.29) is 10.9 Å². The fourth-order valence-electron chi connectivity index (χ4n) is 2.74. The van der Waals surface area contributed by atoms with Gasteiger partial charge in [-0.15, -0.1) is 10.2 Å². The molecule has 0 bridgehead atoms. The molecule has 2 saturated carbocycles. The standard InChI is InChI=1S/C15H12ClF3N4O2S/c16-10-6-12(11(23(24)25)5-9(10)15(17,18)19)26-14-21-20-13(7-1-2-7)22(14)8-3-4-8/h5-8H,1-4H2. The van der Waals surface area contributed by atoms with Gasteiger partial charge < -0.3 is 4.57 Å². The maximum Gasteiger partial charge on any atom is 0.418 e. The molecule has 2 aliphatic carbocycles. The maximum atomic E-state index is 13.0. The molecular weight excluding hydrogens is 393 g/mol. The smallest absolute Gasteiger partial charge is 0.302 e. The molecule has 138 valence electrons. The molecular formula is C15H12ClF3N4O2S. The second-order valence-corrected chi connectivity index (χ2v) is 7.79. The van der Waals surface area contributed by atoms with Gasteiger partial charge in [-0.2, -0.15) is 13.2 Å². The van der Waals surface area contributed by atoms with Crippen LogP contribution in [0.15, 0.2) is 22.2 Å². The molecule has 0 N–H and O–H groups in total. The van der Waals surface area contributed by atoms with Crippen LogP contribution in [0, 0.1) is 10.1 Å².